The first-order valence-corrected chi connectivity index (χ1v) is 5.60. The molecule has 0 aliphatic carbocycles. The maximum atomic E-state index is 12.8. The molecule has 0 atom stereocenters. The maximum absolute atomic E-state index is 12.8. The third kappa shape index (κ3) is 4.82. The molecule has 0 heterocycles. The van der Waals surface area contributed by atoms with Crippen LogP contribution in [-0.4, -0.2) is 7.11 Å². The summed E-state index contributed by atoms with van der Waals surface area (Å²) in [6, 6.07) is 4.71. The SMILES string of the molecule is CC.CCCCc1ccc(F)cc1OC. The van der Waals surface area contributed by atoms with Crippen LogP contribution >= 0.6 is 0 Å². The van der Waals surface area contributed by atoms with Crippen LogP contribution in [0.25, 0.3) is 0 Å². The summed E-state index contributed by atoms with van der Waals surface area (Å²) in [6.45, 7) is 6.13. The monoisotopic (exact) mass is 212 g/mol. The summed E-state index contributed by atoms with van der Waals surface area (Å²) in [5.74, 6) is 0.422. The van der Waals surface area contributed by atoms with Crippen LogP contribution in [0, 0.1) is 5.82 Å². The molecule has 0 fully saturated rings. The van der Waals surface area contributed by atoms with E-state index in [1.54, 1.807) is 13.2 Å². The normalized spacial score (nSPS) is 9.13. The lowest BCUT2D eigenvalue weighted by Gasteiger charge is -2.07. The van der Waals surface area contributed by atoms with E-state index in [1.165, 1.54) is 12.1 Å². The summed E-state index contributed by atoms with van der Waals surface area (Å²) in [4.78, 5) is 0. The van der Waals surface area contributed by atoms with E-state index < -0.39 is 0 Å². The zero-order valence-electron chi connectivity index (χ0n) is 10.1. The van der Waals surface area contributed by atoms with E-state index in [0.29, 0.717) is 5.75 Å². The number of hydrogen-bond donors (Lipinski definition) is 0. The molecule has 0 amide bonds. The molecule has 0 saturated heterocycles. The van der Waals surface area contributed by atoms with Crippen molar-refractivity contribution in [3.05, 3.63) is 29.6 Å². The Hall–Kier alpha value is -1.05. The largest absolute Gasteiger partial charge is 0.496 e. The van der Waals surface area contributed by atoms with E-state index in [-0.39, 0.29) is 5.82 Å². The van der Waals surface area contributed by atoms with E-state index in [4.69, 9.17) is 4.74 Å². The van der Waals surface area contributed by atoms with E-state index in [0.717, 1.165) is 24.8 Å². The molecular formula is C13H21FO. The van der Waals surface area contributed by atoms with Crippen molar-refractivity contribution < 1.29 is 9.13 Å². The number of rotatable bonds is 4. The second kappa shape index (κ2) is 8.27. The van der Waals surface area contributed by atoms with E-state index in [1.807, 2.05) is 13.8 Å². The van der Waals surface area contributed by atoms with Crippen LogP contribution in [0.3, 0.4) is 0 Å². The van der Waals surface area contributed by atoms with Gasteiger partial charge in [-0.3, -0.25) is 0 Å². The molecule has 0 aliphatic heterocycles. The number of ether oxygens (including phenoxy) is 1. The Morgan fingerprint density at radius 1 is 1.27 bits per heavy atom. The van der Waals surface area contributed by atoms with Crippen molar-refractivity contribution in [3.8, 4) is 5.75 Å². The molecule has 0 saturated carbocycles. The minimum Gasteiger partial charge on any atom is -0.496 e. The summed E-state index contributed by atoms with van der Waals surface area (Å²) in [5.41, 5.74) is 1.09. The molecule has 1 rings (SSSR count). The Morgan fingerprint density at radius 3 is 2.47 bits per heavy atom. The van der Waals surface area contributed by atoms with E-state index in [9.17, 15) is 4.39 Å². The van der Waals surface area contributed by atoms with Crippen LogP contribution < -0.4 is 4.74 Å². The number of methoxy groups -OCH3 is 1. The van der Waals surface area contributed by atoms with Crippen molar-refractivity contribution in [3.63, 3.8) is 0 Å². The standard InChI is InChI=1S/C11H15FO.C2H6/c1-3-4-5-9-6-7-10(12)8-11(9)13-2;1-2/h6-8H,3-5H2,1-2H3;1-2H3. The molecule has 2 heteroatoms. The minimum absolute atomic E-state index is 0.239. The van der Waals surface area contributed by atoms with Gasteiger partial charge in [0, 0.05) is 6.07 Å². The van der Waals surface area contributed by atoms with Crippen LogP contribution in [0.1, 0.15) is 39.2 Å². The molecule has 0 N–H and O–H groups in total. The lowest BCUT2D eigenvalue weighted by Crippen LogP contribution is -1.93. The zero-order valence-corrected chi connectivity index (χ0v) is 10.1. The fourth-order valence-electron chi connectivity index (χ4n) is 1.29. The van der Waals surface area contributed by atoms with Crippen molar-refractivity contribution in [2.45, 2.75) is 40.0 Å². The van der Waals surface area contributed by atoms with Gasteiger partial charge in [0.1, 0.15) is 11.6 Å². The Morgan fingerprint density at radius 2 is 1.93 bits per heavy atom. The van der Waals surface area contributed by atoms with Gasteiger partial charge in [-0.25, -0.2) is 4.39 Å². The first-order chi connectivity index (χ1) is 7.27. The zero-order chi connectivity index (χ0) is 11.7. The summed E-state index contributed by atoms with van der Waals surface area (Å²) in [6.07, 6.45) is 3.21. The Balaban J connectivity index is 0.000000921. The average Bonchev–Trinajstić information content (AvgIpc) is 2.30. The van der Waals surface area contributed by atoms with Crippen LogP contribution in [0.5, 0.6) is 5.75 Å². The first kappa shape index (κ1) is 13.9. The Labute approximate surface area is 92.3 Å². The molecule has 0 bridgehead atoms. The van der Waals surface area contributed by atoms with Gasteiger partial charge in [-0.1, -0.05) is 33.3 Å². The number of unbranched alkanes of at least 4 members (excludes halogenated alkanes) is 1. The molecule has 0 radical (unpaired) electrons. The highest BCUT2D eigenvalue weighted by molar-refractivity contribution is 5.33. The smallest absolute Gasteiger partial charge is 0.126 e. The van der Waals surface area contributed by atoms with Gasteiger partial charge in [0.25, 0.3) is 0 Å². The van der Waals surface area contributed by atoms with E-state index in [2.05, 4.69) is 6.92 Å². The quantitative estimate of drug-likeness (QED) is 0.726. The van der Waals surface area contributed by atoms with Crippen LogP contribution in [0.4, 0.5) is 4.39 Å². The van der Waals surface area contributed by atoms with Crippen LogP contribution in [0.2, 0.25) is 0 Å². The topological polar surface area (TPSA) is 9.23 Å². The number of aryl methyl sites for hydroxylation is 1. The molecule has 1 aromatic rings. The predicted octanol–water partition coefficient (Wildman–Crippen LogP) is 4.20. The fourth-order valence-corrected chi connectivity index (χ4v) is 1.29. The number of halogens is 1. The lowest BCUT2D eigenvalue weighted by molar-refractivity contribution is 0.405. The van der Waals surface area contributed by atoms with Gasteiger partial charge < -0.3 is 4.74 Å². The second-order valence-corrected chi connectivity index (χ2v) is 3.06. The van der Waals surface area contributed by atoms with Crippen molar-refractivity contribution in [2.24, 2.45) is 0 Å². The van der Waals surface area contributed by atoms with Crippen molar-refractivity contribution in [1.82, 2.24) is 0 Å². The van der Waals surface area contributed by atoms with Gasteiger partial charge in [-0.15, -0.1) is 0 Å². The third-order valence-corrected chi connectivity index (χ3v) is 2.05. The first-order valence-electron chi connectivity index (χ1n) is 5.60. The molecule has 86 valence electrons. The number of hydrogen-bond acceptors (Lipinski definition) is 1. The maximum Gasteiger partial charge on any atom is 0.126 e. The third-order valence-electron chi connectivity index (χ3n) is 2.05. The highest BCUT2D eigenvalue weighted by Crippen LogP contribution is 2.21. The summed E-state index contributed by atoms with van der Waals surface area (Å²) < 4.78 is 17.9. The van der Waals surface area contributed by atoms with Crippen LogP contribution in [0.15, 0.2) is 18.2 Å². The predicted molar refractivity (Wildman–Crippen MR) is 62.9 cm³/mol. The van der Waals surface area contributed by atoms with Gasteiger partial charge >= 0.3 is 0 Å². The van der Waals surface area contributed by atoms with Gasteiger partial charge in [-0.2, -0.15) is 0 Å². The van der Waals surface area contributed by atoms with Gasteiger partial charge in [0.15, 0.2) is 0 Å². The van der Waals surface area contributed by atoms with Crippen molar-refractivity contribution in [2.75, 3.05) is 7.11 Å². The summed E-state index contributed by atoms with van der Waals surface area (Å²) in [5, 5.41) is 0. The molecule has 1 nitrogen and oxygen atoms in total. The fraction of sp³-hybridized carbons (Fsp3) is 0.538. The molecule has 0 aliphatic rings. The number of benzene rings is 1. The van der Waals surface area contributed by atoms with Crippen molar-refractivity contribution in [1.29, 1.82) is 0 Å². The average molecular weight is 212 g/mol. The molecule has 15 heavy (non-hydrogen) atoms. The highest BCUT2D eigenvalue weighted by atomic mass is 19.1. The van der Waals surface area contributed by atoms with Gasteiger partial charge in [0.2, 0.25) is 0 Å². The molecular weight excluding hydrogens is 191 g/mol. The lowest BCUT2D eigenvalue weighted by atomic mass is 10.1. The molecule has 1 aromatic carbocycles. The Kier molecular flexibility index (Phi) is 7.69. The molecule has 0 unspecified atom stereocenters. The summed E-state index contributed by atoms with van der Waals surface area (Å²) >= 11 is 0. The van der Waals surface area contributed by atoms with Crippen molar-refractivity contribution >= 4 is 0 Å². The molecule has 0 spiro atoms. The van der Waals surface area contributed by atoms with Gasteiger partial charge in [0.05, 0.1) is 7.11 Å². The van der Waals surface area contributed by atoms with Crippen LogP contribution in [-0.2, 0) is 6.42 Å². The minimum atomic E-state index is -0.239. The van der Waals surface area contributed by atoms with Gasteiger partial charge in [-0.05, 0) is 24.5 Å². The highest BCUT2D eigenvalue weighted by Gasteiger charge is 2.03. The molecule has 0 aromatic heterocycles. The van der Waals surface area contributed by atoms with E-state index >= 15 is 0 Å². The summed E-state index contributed by atoms with van der Waals surface area (Å²) in [7, 11) is 1.57. The Bertz CT molecular complexity index is 271. The second-order valence-electron chi connectivity index (χ2n) is 3.06.